The third-order valence-corrected chi connectivity index (χ3v) is 5.81. The van der Waals surface area contributed by atoms with E-state index in [0.29, 0.717) is 5.41 Å². The van der Waals surface area contributed by atoms with Crippen LogP contribution in [0.2, 0.25) is 0 Å². The Balaban J connectivity index is 1.95. The zero-order valence-electron chi connectivity index (χ0n) is 11.8. The van der Waals surface area contributed by atoms with E-state index in [2.05, 4.69) is 35.5 Å². The van der Waals surface area contributed by atoms with Gasteiger partial charge in [0, 0.05) is 18.2 Å². The summed E-state index contributed by atoms with van der Waals surface area (Å²) in [4.78, 5) is 2.51. The van der Waals surface area contributed by atoms with E-state index in [-0.39, 0.29) is 5.66 Å². The molecule has 2 heterocycles. The van der Waals surface area contributed by atoms with Gasteiger partial charge in [0.05, 0.1) is 7.11 Å². The monoisotopic (exact) mass is 258 g/mol. The molecular formula is C16H22N2O. The van der Waals surface area contributed by atoms with Gasteiger partial charge in [-0.1, -0.05) is 6.42 Å². The van der Waals surface area contributed by atoms with Crippen molar-refractivity contribution < 1.29 is 4.74 Å². The summed E-state index contributed by atoms with van der Waals surface area (Å²) in [5.41, 5.74) is 3.39. The maximum atomic E-state index is 5.46. The van der Waals surface area contributed by atoms with Crippen molar-refractivity contribution in [1.29, 1.82) is 0 Å². The Hall–Kier alpha value is -1.22. The number of fused-ring (bicyclic) bond motifs is 1. The number of anilines is 1. The molecule has 1 aromatic rings. The molecule has 0 spiro atoms. The Morgan fingerprint density at radius 3 is 2.89 bits per heavy atom. The van der Waals surface area contributed by atoms with Crippen molar-refractivity contribution >= 4 is 5.69 Å². The fourth-order valence-electron chi connectivity index (χ4n) is 4.95. The molecule has 3 nitrogen and oxygen atoms in total. The van der Waals surface area contributed by atoms with Gasteiger partial charge in [-0.25, -0.2) is 0 Å². The minimum atomic E-state index is 0.167. The van der Waals surface area contributed by atoms with E-state index in [1.807, 2.05) is 0 Å². The van der Waals surface area contributed by atoms with Gasteiger partial charge in [0.1, 0.15) is 11.4 Å². The van der Waals surface area contributed by atoms with Crippen LogP contribution in [0.25, 0.3) is 0 Å². The van der Waals surface area contributed by atoms with Crippen LogP contribution >= 0.6 is 0 Å². The van der Waals surface area contributed by atoms with Crippen molar-refractivity contribution in [3.63, 3.8) is 0 Å². The molecule has 1 aliphatic carbocycles. The molecule has 102 valence electrons. The third kappa shape index (κ3) is 1.18. The van der Waals surface area contributed by atoms with Crippen LogP contribution in [-0.2, 0) is 5.41 Å². The lowest BCUT2D eigenvalue weighted by Gasteiger charge is -2.48. The predicted octanol–water partition coefficient (Wildman–Crippen LogP) is 2.65. The highest BCUT2D eigenvalue weighted by molar-refractivity contribution is 5.69. The molecule has 1 saturated carbocycles. The van der Waals surface area contributed by atoms with Crippen LogP contribution in [0.1, 0.15) is 37.7 Å². The topological polar surface area (TPSA) is 24.5 Å². The highest BCUT2D eigenvalue weighted by Gasteiger charge is 2.63. The molecule has 0 radical (unpaired) electrons. The van der Waals surface area contributed by atoms with Gasteiger partial charge in [0.25, 0.3) is 0 Å². The average Bonchev–Trinajstić information content (AvgIpc) is 2.95. The van der Waals surface area contributed by atoms with Crippen molar-refractivity contribution in [2.75, 3.05) is 25.6 Å². The predicted molar refractivity (Wildman–Crippen MR) is 76.9 cm³/mol. The molecule has 2 aliphatic heterocycles. The molecule has 1 saturated heterocycles. The molecule has 4 rings (SSSR count). The maximum Gasteiger partial charge on any atom is 0.119 e. The fraction of sp³-hybridized carbons (Fsp3) is 0.625. The summed E-state index contributed by atoms with van der Waals surface area (Å²) in [5.74, 6) is 0.995. The van der Waals surface area contributed by atoms with E-state index in [4.69, 9.17) is 4.74 Å². The van der Waals surface area contributed by atoms with Crippen molar-refractivity contribution in [3.05, 3.63) is 23.8 Å². The SMILES string of the molecule is COc1ccc2c(c1)C13CCCCC1(NCC3)N2C. The summed E-state index contributed by atoms with van der Waals surface area (Å²) < 4.78 is 5.46. The highest BCUT2D eigenvalue weighted by atomic mass is 16.5. The highest BCUT2D eigenvalue weighted by Crippen LogP contribution is 2.61. The maximum absolute atomic E-state index is 5.46. The molecule has 19 heavy (non-hydrogen) atoms. The van der Waals surface area contributed by atoms with Crippen LogP contribution in [0.15, 0.2) is 18.2 Å². The Morgan fingerprint density at radius 1 is 1.21 bits per heavy atom. The number of hydrogen-bond donors (Lipinski definition) is 1. The lowest BCUT2D eigenvalue weighted by molar-refractivity contribution is 0.170. The number of ether oxygens (including phenoxy) is 1. The van der Waals surface area contributed by atoms with E-state index >= 15 is 0 Å². The molecule has 0 bridgehead atoms. The molecule has 2 fully saturated rings. The fourth-order valence-corrected chi connectivity index (χ4v) is 4.95. The molecule has 1 aromatic carbocycles. The van der Waals surface area contributed by atoms with Gasteiger partial charge in [-0.3, -0.25) is 5.32 Å². The lowest BCUT2D eigenvalue weighted by atomic mass is 9.64. The second kappa shape index (κ2) is 3.66. The number of benzene rings is 1. The van der Waals surface area contributed by atoms with Gasteiger partial charge in [0.2, 0.25) is 0 Å². The first-order chi connectivity index (χ1) is 9.23. The second-order valence-corrected chi connectivity index (χ2v) is 6.27. The lowest BCUT2D eigenvalue weighted by Crippen LogP contribution is -2.62. The van der Waals surface area contributed by atoms with Crippen molar-refractivity contribution in [3.8, 4) is 5.75 Å². The van der Waals surface area contributed by atoms with Crippen LogP contribution in [0.3, 0.4) is 0 Å². The van der Waals surface area contributed by atoms with E-state index in [0.717, 1.165) is 12.3 Å². The normalized spacial score (nSPS) is 35.8. The number of nitrogens with one attached hydrogen (secondary N) is 1. The summed E-state index contributed by atoms with van der Waals surface area (Å²) in [7, 11) is 4.02. The van der Waals surface area contributed by atoms with Crippen molar-refractivity contribution in [2.45, 2.75) is 43.2 Å². The molecule has 1 N–H and O–H groups in total. The number of rotatable bonds is 1. The standard InChI is InChI=1S/C16H22N2O/c1-18-14-6-5-12(19-2)11-13(14)15-7-3-4-8-16(15,18)17-10-9-15/h5-6,11,17H,3-4,7-10H2,1-2H3. The van der Waals surface area contributed by atoms with Crippen LogP contribution in [0.5, 0.6) is 5.75 Å². The summed E-state index contributed by atoms with van der Waals surface area (Å²) in [6.45, 7) is 1.14. The van der Waals surface area contributed by atoms with Gasteiger partial charge in [-0.15, -0.1) is 0 Å². The Labute approximate surface area is 114 Å². The Morgan fingerprint density at radius 2 is 2.05 bits per heavy atom. The van der Waals surface area contributed by atoms with Gasteiger partial charge in [-0.2, -0.15) is 0 Å². The van der Waals surface area contributed by atoms with Crippen LogP contribution in [0, 0.1) is 0 Å². The zero-order chi connectivity index (χ0) is 13.1. The average molecular weight is 258 g/mol. The number of hydrogen-bond acceptors (Lipinski definition) is 3. The first-order valence-electron chi connectivity index (χ1n) is 7.41. The molecule has 3 aliphatic rings. The third-order valence-electron chi connectivity index (χ3n) is 5.81. The quantitative estimate of drug-likeness (QED) is 0.838. The molecule has 2 atom stereocenters. The smallest absolute Gasteiger partial charge is 0.119 e. The van der Waals surface area contributed by atoms with Crippen molar-refractivity contribution in [2.24, 2.45) is 0 Å². The molecule has 0 aromatic heterocycles. The van der Waals surface area contributed by atoms with Crippen LogP contribution in [0.4, 0.5) is 5.69 Å². The minimum absolute atomic E-state index is 0.167. The van der Waals surface area contributed by atoms with Crippen LogP contribution < -0.4 is 15.0 Å². The first kappa shape index (κ1) is 11.6. The largest absolute Gasteiger partial charge is 0.497 e. The van der Waals surface area contributed by atoms with Gasteiger partial charge >= 0.3 is 0 Å². The van der Waals surface area contributed by atoms with E-state index < -0.39 is 0 Å². The molecular weight excluding hydrogens is 236 g/mol. The number of nitrogens with zero attached hydrogens (tertiary/aromatic N) is 1. The summed E-state index contributed by atoms with van der Waals surface area (Å²) in [6, 6.07) is 6.62. The summed E-state index contributed by atoms with van der Waals surface area (Å²) in [6.07, 6.45) is 6.53. The van der Waals surface area contributed by atoms with Gasteiger partial charge < -0.3 is 9.64 Å². The number of likely N-dealkylation sites (N-methyl/N-ethyl adjacent to an activating group) is 1. The molecule has 2 unspecified atom stereocenters. The Bertz CT molecular complexity index is 529. The van der Waals surface area contributed by atoms with Gasteiger partial charge in [0.15, 0.2) is 0 Å². The summed E-state index contributed by atoms with van der Waals surface area (Å²) >= 11 is 0. The zero-order valence-corrected chi connectivity index (χ0v) is 11.8. The van der Waals surface area contributed by atoms with Gasteiger partial charge in [-0.05, 0) is 56.0 Å². The van der Waals surface area contributed by atoms with Crippen LogP contribution in [-0.4, -0.2) is 26.4 Å². The number of methoxy groups -OCH3 is 1. The molecule has 3 heteroatoms. The molecule has 0 amide bonds. The van der Waals surface area contributed by atoms with E-state index in [9.17, 15) is 0 Å². The van der Waals surface area contributed by atoms with Crippen molar-refractivity contribution in [1.82, 2.24) is 5.32 Å². The van der Waals surface area contributed by atoms with E-state index in [1.54, 1.807) is 7.11 Å². The Kier molecular flexibility index (Phi) is 2.23. The first-order valence-corrected chi connectivity index (χ1v) is 7.41. The second-order valence-electron chi connectivity index (χ2n) is 6.27. The minimum Gasteiger partial charge on any atom is -0.497 e. The van der Waals surface area contributed by atoms with E-state index in [1.165, 1.54) is 43.4 Å². The summed E-state index contributed by atoms with van der Waals surface area (Å²) in [5, 5.41) is 3.84.